The predicted octanol–water partition coefficient (Wildman–Crippen LogP) is 7.18. The van der Waals surface area contributed by atoms with E-state index in [0.717, 1.165) is 51.4 Å². The van der Waals surface area contributed by atoms with Crippen LogP contribution < -0.4 is 5.11 Å². The summed E-state index contributed by atoms with van der Waals surface area (Å²) in [7, 11) is 5.37. The normalized spacial score (nSPS) is 13.7. The van der Waals surface area contributed by atoms with E-state index >= 15 is 0 Å². The van der Waals surface area contributed by atoms with Crippen molar-refractivity contribution in [2.24, 2.45) is 0 Å². The SMILES string of the molecule is CC/C=C/C=C/C=C/C=C/CCCCCC(=O)OCC(COCCC(C(=O)[O-])[N+](C)(C)C)OC(=O)CCCCCCCCCCC. The Bertz CT molecular complexity index is 901. The largest absolute Gasteiger partial charge is 0.544 e. The zero-order valence-corrected chi connectivity index (χ0v) is 29.7. The highest BCUT2D eigenvalue weighted by Gasteiger charge is 2.25. The number of ether oxygens (including phenoxy) is 3. The van der Waals surface area contributed by atoms with Gasteiger partial charge in [-0.05, 0) is 32.1 Å². The number of hydrogen-bond donors (Lipinski definition) is 0. The van der Waals surface area contributed by atoms with Crippen molar-refractivity contribution in [1.29, 1.82) is 0 Å². The smallest absolute Gasteiger partial charge is 0.306 e. The molecule has 0 aromatic rings. The van der Waals surface area contributed by atoms with Crippen molar-refractivity contribution in [3.63, 3.8) is 0 Å². The van der Waals surface area contributed by atoms with Crippen molar-refractivity contribution in [1.82, 2.24) is 0 Å². The first kappa shape index (κ1) is 43.3. The van der Waals surface area contributed by atoms with Crippen molar-refractivity contribution in [3.05, 3.63) is 48.6 Å². The second-order valence-electron chi connectivity index (χ2n) is 12.8. The molecule has 8 nitrogen and oxygen atoms in total. The molecule has 0 amide bonds. The lowest BCUT2D eigenvalue weighted by molar-refractivity contribution is -0.889. The first-order valence-corrected chi connectivity index (χ1v) is 17.7. The number of likely N-dealkylation sites (N-methyl/N-ethyl adjacent to an activating group) is 1. The Morgan fingerprint density at radius 3 is 1.80 bits per heavy atom. The summed E-state index contributed by atoms with van der Waals surface area (Å²) in [6.45, 7) is 4.42. The predicted molar refractivity (Wildman–Crippen MR) is 185 cm³/mol. The van der Waals surface area contributed by atoms with Crippen molar-refractivity contribution in [3.8, 4) is 0 Å². The molecule has 0 saturated heterocycles. The van der Waals surface area contributed by atoms with Gasteiger partial charge in [-0.1, -0.05) is 120 Å². The topological polar surface area (TPSA) is 102 Å². The van der Waals surface area contributed by atoms with Gasteiger partial charge < -0.3 is 28.6 Å². The molecule has 0 N–H and O–H groups in total. The summed E-state index contributed by atoms with van der Waals surface area (Å²) in [6.07, 6.45) is 31.4. The number of allylic oxidation sites excluding steroid dienone is 8. The summed E-state index contributed by atoms with van der Waals surface area (Å²) in [4.78, 5) is 36.5. The van der Waals surface area contributed by atoms with Crippen LogP contribution in [0.15, 0.2) is 48.6 Å². The van der Waals surface area contributed by atoms with Gasteiger partial charge >= 0.3 is 11.9 Å². The van der Waals surface area contributed by atoms with E-state index in [0.29, 0.717) is 12.8 Å². The lowest BCUT2D eigenvalue weighted by Crippen LogP contribution is -2.55. The molecule has 264 valence electrons. The molecule has 0 radical (unpaired) electrons. The van der Waals surface area contributed by atoms with Crippen molar-refractivity contribution in [2.45, 2.75) is 135 Å². The Morgan fingerprint density at radius 2 is 1.22 bits per heavy atom. The third-order valence-electron chi connectivity index (χ3n) is 7.57. The molecule has 0 fully saturated rings. The maximum atomic E-state index is 12.6. The van der Waals surface area contributed by atoms with Crippen LogP contribution in [-0.4, -0.2) is 75.5 Å². The highest BCUT2D eigenvalue weighted by Crippen LogP contribution is 2.12. The number of rotatable bonds is 30. The molecule has 0 spiro atoms. The standard InChI is InChI=1S/C38H65NO7/c1-6-8-10-12-14-16-17-18-19-21-22-24-26-28-36(40)45-33-34(32-44-31-30-35(38(42)43)39(3,4)5)46-37(41)29-27-25-23-20-15-13-11-9-7-2/h8,10,12,14,16-19,34-35H,6-7,9,11,13,15,20-33H2,1-5H3/b10-8+,14-12+,17-16+,19-18+. The van der Waals surface area contributed by atoms with E-state index in [1.165, 1.54) is 38.5 Å². The van der Waals surface area contributed by atoms with Gasteiger partial charge in [0.15, 0.2) is 6.10 Å². The summed E-state index contributed by atoms with van der Waals surface area (Å²) >= 11 is 0. The molecular formula is C38H65NO7. The first-order valence-electron chi connectivity index (χ1n) is 17.7. The zero-order valence-electron chi connectivity index (χ0n) is 29.7. The molecular weight excluding hydrogens is 582 g/mol. The molecule has 0 saturated carbocycles. The fourth-order valence-corrected chi connectivity index (χ4v) is 4.78. The van der Waals surface area contributed by atoms with Gasteiger partial charge in [-0.15, -0.1) is 0 Å². The van der Waals surface area contributed by atoms with E-state index < -0.39 is 18.1 Å². The summed E-state index contributed by atoms with van der Waals surface area (Å²) < 4.78 is 17.0. The van der Waals surface area contributed by atoms with Crippen LogP contribution in [0.5, 0.6) is 0 Å². The molecule has 0 aromatic carbocycles. The third kappa shape index (κ3) is 27.6. The van der Waals surface area contributed by atoms with E-state index in [2.05, 4.69) is 26.0 Å². The van der Waals surface area contributed by atoms with Crippen LogP contribution in [0.3, 0.4) is 0 Å². The van der Waals surface area contributed by atoms with Gasteiger partial charge in [0.1, 0.15) is 12.6 Å². The Labute approximate surface area is 280 Å². The molecule has 0 bridgehead atoms. The molecule has 0 aliphatic heterocycles. The Balaban J connectivity index is 4.53. The molecule has 0 aliphatic carbocycles. The number of esters is 2. The van der Waals surface area contributed by atoms with E-state index in [-0.39, 0.29) is 42.7 Å². The molecule has 0 aliphatic rings. The second-order valence-corrected chi connectivity index (χ2v) is 12.8. The molecule has 2 atom stereocenters. The summed E-state index contributed by atoms with van der Waals surface area (Å²) in [5, 5.41) is 11.5. The summed E-state index contributed by atoms with van der Waals surface area (Å²) in [5.74, 6) is -1.80. The lowest BCUT2D eigenvalue weighted by atomic mass is 10.1. The maximum Gasteiger partial charge on any atom is 0.306 e. The number of carboxylic acid groups (broad SMARTS) is 1. The number of carbonyl (C=O) groups excluding carboxylic acids is 3. The van der Waals surface area contributed by atoms with Gasteiger partial charge in [0.05, 0.1) is 40.3 Å². The van der Waals surface area contributed by atoms with Gasteiger partial charge in [0.2, 0.25) is 0 Å². The second kappa shape index (κ2) is 29.7. The number of hydrogen-bond acceptors (Lipinski definition) is 7. The van der Waals surface area contributed by atoms with Crippen molar-refractivity contribution >= 4 is 17.9 Å². The highest BCUT2D eigenvalue weighted by molar-refractivity contribution is 5.70. The number of carbonyl (C=O) groups is 3. The molecule has 2 unspecified atom stereocenters. The first-order chi connectivity index (χ1) is 22.1. The summed E-state index contributed by atoms with van der Waals surface area (Å²) in [5.41, 5.74) is 0. The van der Waals surface area contributed by atoms with Gasteiger partial charge in [-0.2, -0.15) is 0 Å². The molecule has 8 heteroatoms. The number of aliphatic carboxylic acids is 1. The van der Waals surface area contributed by atoms with Crippen LogP contribution in [0.25, 0.3) is 0 Å². The number of nitrogens with zero attached hydrogens (tertiary/aromatic N) is 1. The van der Waals surface area contributed by atoms with E-state index in [1.54, 1.807) is 21.1 Å². The Hall–Kier alpha value is -2.71. The lowest BCUT2D eigenvalue weighted by Gasteiger charge is -2.34. The number of quaternary nitrogens is 1. The molecule has 46 heavy (non-hydrogen) atoms. The number of unbranched alkanes of at least 4 members (excludes halogenated alkanes) is 11. The molecule has 0 aromatic heterocycles. The van der Waals surface area contributed by atoms with Crippen molar-refractivity contribution in [2.75, 3.05) is 41.0 Å². The van der Waals surface area contributed by atoms with Crippen LogP contribution in [0.4, 0.5) is 0 Å². The number of carboxylic acids is 1. The van der Waals surface area contributed by atoms with Gasteiger partial charge in [-0.3, -0.25) is 9.59 Å². The fraction of sp³-hybridized carbons (Fsp3) is 0.711. The molecule has 0 heterocycles. The summed E-state index contributed by atoms with van der Waals surface area (Å²) in [6, 6.07) is -0.729. The van der Waals surface area contributed by atoms with E-state index in [4.69, 9.17) is 14.2 Å². The zero-order chi connectivity index (χ0) is 34.3. The van der Waals surface area contributed by atoms with E-state index in [1.807, 2.05) is 36.5 Å². The quantitative estimate of drug-likeness (QED) is 0.0352. The van der Waals surface area contributed by atoms with Gasteiger partial charge in [0, 0.05) is 19.3 Å². The Morgan fingerprint density at radius 1 is 0.674 bits per heavy atom. The van der Waals surface area contributed by atoms with Crippen LogP contribution >= 0.6 is 0 Å². The fourth-order valence-electron chi connectivity index (χ4n) is 4.78. The minimum absolute atomic E-state index is 0.0275. The highest BCUT2D eigenvalue weighted by atomic mass is 16.6. The maximum absolute atomic E-state index is 12.6. The van der Waals surface area contributed by atoms with Crippen LogP contribution in [0.1, 0.15) is 123 Å². The van der Waals surface area contributed by atoms with E-state index in [9.17, 15) is 19.5 Å². The average molecular weight is 648 g/mol. The average Bonchev–Trinajstić information content (AvgIpc) is 3.00. The van der Waals surface area contributed by atoms with Gasteiger partial charge in [0.25, 0.3) is 0 Å². The molecule has 0 rings (SSSR count). The Kier molecular flexibility index (Phi) is 27.9. The van der Waals surface area contributed by atoms with Crippen LogP contribution in [-0.2, 0) is 28.6 Å². The minimum Gasteiger partial charge on any atom is -0.544 e. The van der Waals surface area contributed by atoms with Gasteiger partial charge in [-0.25, -0.2) is 0 Å². The monoisotopic (exact) mass is 647 g/mol. The van der Waals surface area contributed by atoms with Crippen molar-refractivity contribution < 1.29 is 38.2 Å². The minimum atomic E-state index is -1.13. The third-order valence-corrected chi connectivity index (χ3v) is 7.57. The van der Waals surface area contributed by atoms with Crippen LogP contribution in [0.2, 0.25) is 0 Å². The van der Waals surface area contributed by atoms with Crippen LogP contribution in [0, 0.1) is 0 Å².